The molecule has 0 amide bonds. The number of hydrogen-bond donors (Lipinski definition) is 0. The third-order valence-electron chi connectivity index (χ3n) is 1.38. The van der Waals surface area contributed by atoms with E-state index in [2.05, 4.69) is 0 Å². The van der Waals surface area contributed by atoms with Crippen molar-refractivity contribution in [3.05, 3.63) is 0 Å². The molecule has 0 aromatic rings. The van der Waals surface area contributed by atoms with E-state index in [0.29, 0.717) is 0 Å². The molecule has 0 radical (unpaired) electrons. The first-order valence-corrected chi connectivity index (χ1v) is 3.38. The molecular formula is C6H7F7. The van der Waals surface area contributed by atoms with Gasteiger partial charge in [-0.25, -0.2) is 0 Å². The van der Waals surface area contributed by atoms with Crippen molar-refractivity contribution in [2.75, 3.05) is 0 Å². The Kier molecular flexibility index (Phi) is 3.21. The van der Waals surface area contributed by atoms with Crippen LogP contribution in [0.4, 0.5) is 30.7 Å². The minimum absolute atomic E-state index is 0.446. The summed E-state index contributed by atoms with van der Waals surface area (Å²) in [6.45, 7) is 1.10. The Labute approximate surface area is 69.7 Å². The van der Waals surface area contributed by atoms with Crippen LogP contribution in [0.5, 0.6) is 0 Å². The van der Waals surface area contributed by atoms with Crippen LogP contribution >= 0.6 is 0 Å². The molecule has 7 heteroatoms. The third kappa shape index (κ3) is 2.25. The molecule has 0 saturated carbocycles. The lowest BCUT2D eigenvalue weighted by Gasteiger charge is -2.27. The molecule has 0 aliphatic rings. The Morgan fingerprint density at radius 3 is 1.46 bits per heavy atom. The van der Waals surface area contributed by atoms with Gasteiger partial charge in [0.05, 0.1) is 0 Å². The van der Waals surface area contributed by atoms with E-state index >= 15 is 0 Å². The average molecular weight is 212 g/mol. The molecule has 0 unspecified atom stereocenters. The maximum atomic E-state index is 12.2. The molecule has 0 heterocycles. The summed E-state index contributed by atoms with van der Waals surface area (Å²) < 4.78 is 82.8. The van der Waals surface area contributed by atoms with E-state index in [9.17, 15) is 30.7 Å². The van der Waals surface area contributed by atoms with Gasteiger partial charge in [0.2, 0.25) is 0 Å². The molecule has 80 valence electrons. The summed E-state index contributed by atoms with van der Waals surface area (Å²) in [7, 11) is 0. The lowest BCUT2D eigenvalue weighted by Crippen LogP contribution is -2.51. The van der Waals surface area contributed by atoms with Gasteiger partial charge in [0, 0.05) is 6.42 Å². The van der Waals surface area contributed by atoms with E-state index in [0.717, 1.165) is 6.92 Å². The molecule has 0 aliphatic heterocycles. The van der Waals surface area contributed by atoms with Gasteiger partial charge in [-0.05, 0) is 0 Å². The molecule has 0 aromatic heterocycles. The second kappa shape index (κ2) is 3.34. The number of alkyl halides is 7. The maximum absolute atomic E-state index is 12.2. The molecule has 0 N–H and O–H groups in total. The van der Waals surface area contributed by atoms with E-state index in [1.807, 2.05) is 0 Å². The van der Waals surface area contributed by atoms with Crippen LogP contribution in [0.15, 0.2) is 0 Å². The Morgan fingerprint density at radius 2 is 1.23 bits per heavy atom. The summed E-state index contributed by atoms with van der Waals surface area (Å²) in [5.74, 6) is -11.0. The highest BCUT2D eigenvalue weighted by Gasteiger charge is 2.72. The normalized spacial score (nSPS) is 14.8. The van der Waals surface area contributed by atoms with Gasteiger partial charge >= 0.3 is 18.0 Å². The van der Waals surface area contributed by atoms with Crippen molar-refractivity contribution in [1.82, 2.24) is 0 Å². The van der Waals surface area contributed by atoms with Gasteiger partial charge in [-0.2, -0.15) is 30.7 Å². The predicted molar refractivity (Wildman–Crippen MR) is 30.9 cm³/mol. The summed E-state index contributed by atoms with van der Waals surface area (Å²) >= 11 is 0. The fourth-order valence-corrected chi connectivity index (χ4v) is 0.678. The van der Waals surface area contributed by atoms with Gasteiger partial charge in [0.15, 0.2) is 0 Å². The SMILES string of the molecule is CCCC(F)(F)C(F)(F)C(F)(F)F. The van der Waals surface area contributed by atoms with Crippen LogP contribution in [0, 0.1) is 0 Å². The zero-order valence-electron chi connectivity index (χ0n) is 6.56. The van der Waals surface area contributed by atoms with Crippen molar-refractivity contribution in [2.24, 2.45) is 0 Å². The first-order chi connectivity index (χ1) is 5.56. The van der Waals surface area contributed by atoms with Crippen molar-refractivity contribution in [3.8, 4) is 0 Å². The van der Waals surface area contributed by atoms with Crippen molar-refractivity contribution in [1.29, 1.82) is 0 Å². The van der Waals surface area contributed by atoms with Crippen LogP contribution in [-0.4, -0.2) is 18.0 Å². The third-order valence-corrected chi connectivity index (χ3v) is 1.38. The monoisotopic (exact) mass is 212 g/mol. The van der Waals surface area contributed by atoms with Gasteiger partial charge in [0.25, 0.3) is 0 Å². The van der Waals surface area contributed by atoms with Crippen LogP contribution in [0.1, 0.15) is 19.8 Å². The molecule has 0 fully saturated rings. The van der Waals surface area contributed by atoms with Crippen molar-refractivity contribution in [2.45, 2.75) is 37.8 Å². The Hall–Kier alpha value is -0.490. The quantitative estimate of drug-likeness (QED) is 0.626. The smallest absolute Gasteiger partial charge is 0.200 e. The fraction of sp³-hybridized carbons (Fsp3) is 1.00. The highest BCUT2D eigenvalue weighted by Crippen LogP contribution is 2.48. The maximum Gasteiger partial charge on any atom is 0.459 e. The van der Waals surface area contributed by atoms with Crippen molar-refractivity contribution in [3.63, 3.8) is 0 Å². The number of halogens is 7. The number of rotatable bonds is 3. The van der Waals surface area contributed by atoms with Gasteiger partial charge < -0.3 is 0 Å². The summed E-state index contributed by atoms with van der Waals surface area (Å²) in [6, 6.07) is 0. The van der Waals surface area contributed by atoms with Crippen LogP contribution in [-0.2, 0) is 0 Å². The molecule has 0 aromatic carbocycles. The Balaban J connectivity index is 4.81. The molecule has 13 heavy (non-hydrogen) atoms. The molecule has 0 atom stereocenters. The first kappa shape index (κ1) is 12.5. The van der Waals surface area contributed by atoms with Crippen LogP contribution in [0.2, 0.25) is 0 Å². The van der Waals surface area contributed by atoms with Gasteiger partial charge in [-0.15, -0.1) is 0 Å². The van der Waals surface area contributed by atoms with E-state index < -0.39 is 30.9 Å². The molecule has 0 aliphatic carbocycles. The largest absolute Gasteiger partial charge is 0.459 e. The van der Waals surface area contributed by atoms with Crippen LogP contribution < -0.4 is 0 Å². The summed E-state index contributed by atoms with van der Waals surface area (Å²) in [5.41, 5.74) is 0. The van der Waals surface area contributed by atoms with Gasteiger partial charge in [-0.3, -0.25) is 0 Å². The second-order valence-corrected chi connectivity index (χ2v) is 2.53. The highest BCUT2D eigenvalue weighted by atomic mass is 19.4. The summed E-state index contributed by atoms with van der Waals surface area (Å²) in [4.78, 5) is 0. The van der Waals surface area contributed by atoms with Gasteiger partial charge in [0.1, 0.15) is 0 Å². The van der Waals surface area contributed by atoms with Crippen LogP contribution in [0.25, 0.3) is 0 Å². The average Bonchev–Trinajstić information content (AvgIpc) is 1.84. The molecule has 0 spiro atoms. The van der Waals surface area contributed by atoms with E-state index in [1.54, 1.807) is 0 Å². The second-order valence-electron chi connectivity index (χ2n) is 2.53. The summed E-state index contributed by atoms with van der Waals surface area (Å²) in [5, 5.41) is 0. The fourth-order valence-electron chi connectivity index (χ4n) is 0.678. The topological polar surface area (TPSA) is 0 Å². The predicted octanol–water partition coefficient (Wildman–Crippen LogP) is 3.62. The minimum atomic E-state index is -6.20. The summed E-state index contributed by atoms with van der Waals surface area (Å²) in [6.07, 6.45) is -8.14. The standard InChI is InChI=1S/C6H7F7/c1-2-3-4(7,8)5(9,10)6(11,12)13/h2-3H2,1H3. The lowest BCUT2D eigenvalue weighted by molar-refractivity contribution is -0.355. The molecule has 0 nitrogen and oxygen atoms in total. The molecule has 0 saturated heterocycles. The van der Waals surface area contributed by atoms with Crippen molar-refractivity contribution >= 4 is 0 Å². The zero-order valence-corrected chi connectivity index (χ0v) is 6.56. The van der Waals surface area contributed by atoms with E-state index in [-0.39, 0.29) is 0 Å². The molecule has 0 rings (SSSR count). The van der Waals surface area contributed by atoms with E-state index in [4.69, 9.17) is 0 Å². The Bertz CT molecular complexity index is 168. The first-order valence-electron chi connectivity index (χ1n) is 3.38. The van der Waals surface area contributed by atoms with E-state index in [1.165, 1.54) is 0 Å². The van der Waals surface area contributed by atoms with Crippen molar-refractivity contribution < 1.29 is 30.7 Å². The lowest BCUT2D eigenvalue weighted by atomic mass is 10.1. The van der Waals surface area contributed by atoms with Gasteiger partial charge in [-0.1, -0.05) is 13.3 Å². The Morgan fingerprint density at radius 1 is 0.846 bits per heavy atom. The number of hydrogen-bond acceptors (Lipinski definition) is 0. The molecular weight excluding hydrogens is 205 g/mol. The highest BCUT2D eigenvalue weighted by molar-refractivity contribution is 4.90. The zero-order chi connectivity index (χ0) is 10.9. The van der Waals surface area contributed by atoms with Crippen LogP contribution in [0.3, 0.4) is 0 Å². The molecule has 0 bridgehead atoms. The minimum Gasteiger partial charge on any atom is -0.200 e.